The molecule has 0 aliphatic carbocycles. The summed E-state index contributed by atoms with van der Waals surface area (Å²) in [5.74, 6) is -0.474. The van der Waals surface area contributed by atoms with Gasteiger partial charge in [-0.15, -0.1) is 0 Å². The Morgan fingerprint density at radius 3 is 2.47 bits per heavy atom. The lowest BCUT2D eigenvalue weighted by Gasteiger charge is -2.35. The number of carboxylic acids is 1. The maximum absolute atomic E-state index is 12.1. The molecular formula is C14H26N2O3. The number of rotatable bonds is 4. The molecule has 3 atom stereocenters. The summed E-state index contributed by atoms with van der Waals surface area (Å²) < 4.78 is 0. The molecule has 19 heavy (non-hydrogen) atoms. The van der Waals surface area contributed by atoms with Gasteiger partial charge in [-0.25, -0.2) is 4.79 Å². The van der Waals surface area contributed by atoms with E-state index in [0.717, 1.165) is 6.42 Å². The highest BCUT2D eigenvalue weighted by molar-refractivity contribution is 5.76. The van der Waals surface area contributed by atoms with Crippen molar-refractivity contribution >= 4 is 12.0 Å². The number of hydrogen-bond acceptors (Lipinski definition) is 2. The van der Waals surface area contributed by atoms with E-state index in [4.69, 9.17) is 5.11 Å². The number of carbonyl (C=O) groups is 2. The molecule has 110 valence electrons. The number of urea groups is 1. The number of hydrogen-bond donors (Lipinski definition) is 2. The van der Waals surface area contributed by atoms with Crippen LogP contribution in [-0.2, 0) is 4.79 Å². The van der Waals surface area contributed by atoms with Crippen LogP contribution in [0.3, 0.4) is 0 Å². The summed E-state index contributed by atoms with van der Waals surface area (Å²) in [5, 5.41) is 12.1. The van der Waals surface area contributed by atoms with E-state index in [1.807, 2.05) is 13.8 Å². The van der Waals surface area contributed by atoms with Gasteiger partial charge < -0.3 is 15.3 Å². The van der Waals surface area contributed by atoms with Crippen molar-refractivity contribution in [1.29, 1.82) is 0 Å². The van der Waals surface area contributed by atoms with Crippen LogP contribution in [0.5, 0.6) is 0 Å². The van der Waals surface area contributed by atoms with Crippen molar-refractivity contribution in [3.05, 3.63) is 0 Å². The molecule has 5 nitrogen and oxygen atoms in total. The van der Waals surface area contributed by atoms with Crippen LogP contribution >= 0.6 is 0 Å². The van der Waals surface area contributed by atoms with Crippen molar-refractivity contribution in [3.8, 4) is 0 Å². The first kappa shape index (κ1) is 15.8. The third-order valence-electron chi connectivity index (χ3n) is 3.49. The average Bonchev–Trinajstić information content (AvgIpc) is 2.26. The quantitative estimate of drug-likeness (QED) is 0.822. The lowest BCUT2D eigenvalue weighted by molar-refractivity contribution is -0.143. The number of nitrogens with zero attached hydrogens (tertiary/aromatic N) is 1. The van der Waals surface area contributed by atoms with E-state index < -0.39 is 11.9 Å². The molecule has 1 heterocycles. The van der Waals surface area contributed by atoms with Gasteiger partial charge in [0.15, 0.2) is 0 Å². The van der Waals surface area contributed by atoms with Crippen molar-refractivity contribution in [1.82, 2.24) is 10.2 Å². The van der Waals surface area contributed by atoms with Gasteiger partial charge in [-0.3, -0.25) is 4.79 Å². The van der Waals surface area contributed by atoms with Crippen LogP contribution < -0.4 is 5.32 Å². The SMILES string of the molecule is CC(C)CC(C)NC(=O)N1CC(C)CC(C(=O)O)C1. The zero-order valence-electron chi connectivity index (χ0n) is 12.3. The van der Waals surface area contributed by atoms with Gasteiger partial charge in [-0.1, -0.05) is 20.8 Å². The number of nitrogens with one attached hydrogen (secondary N) is 1. The molecule has 0 spiro atoms. The number of likely N-dealkylation sites (tertiary alicyclic amines) is 1. The van der Waals surface area contributed by atoms with Gasteiger partial charge in [0.25, 0.3) is 0 Å². The molecule has 0 saturated carbocycles. The lowest BCUT2D eigenvalue weighted by Crippen LogP contribution is -2.51. The Kier molecular flexibility index (Phi) is 5.63. The highest BCUT2D eigenvalue weighted by Gasteiger charge is 2.32. The predicted octanol–water partition coefficient (Wildman–Crippen LogP) is 2.17. The first-order chi connectivity index (χ1) is 8.79. The van der Waals surface area contributed by atoms with Crippen LogP contribution in [0.1, 0.15) is 40.5 Å². The van der Waals surface area contributed by atoms with Gasteiger partial charge in [-0.2, -0.15) is 0 Å². The van der Waals surface area contributed by atoms with E-state index in [-0.39, 0.29) is 18.0 Å². The van der Waals surface area contributed by atoms with Crippen LogP contribution in [0.25, 0.3) is 0 Å². The standard InChI is InChI=1S/C14H26N2O3/c1-9(2)5-11(4)15-14(19)16-7-10(3)6-12(8-16)13(17)18/h9-12H,5-8H2,1-4H3,(H,15,19)(H,17,18). The number of carboxylic acid groups (broad SMARTS) is 1. The molecule has 1 aliphatic heterocycles. The monoisotopic (exact) mass is 270 g/mol. The highest BCUT2D eigenvalue weighted by atomic mass is 16.4. The fourth-order valence-electron chi connectivity index (χ4n) is 2.76. The van der Waals surface area contributed by atoms with Crippen molar-refractivity contribution < 1.29 is 14.7 Å². The summed E-state index contributed by atoms with van der Waals surface area (Å²) in [6, 6.07) is -0.0149. The Hall–Kier alpha value is -1.26. The van der Waals surface area contributed by atoms with Crippen LogP contribution in [0.2, 0.25) is 0 Å². The molecule has 2 amide bonds. The molecule has 0 aromatic heterocycles. The molecule has 1 aliphatic rings. The van der Waals surface area contributed by atoms with Crippen molar-refractivity contribution in [2.75, 3.05) is 13.1 Å². The maximum Gasteiger partial charge on any atom is 0.317 e. The Labute approximate surface area is 115 Å². The van der Waals surface area contributed by atoms with Crippen LogP contribution in [0, 0.1) is 17.8 Å². The molecule has 0 aromatic carbocycles. The van der Waals surface area contributed by atoms with Gasteiger partial charge in [0, 0.05) is 19.1 Å². The van der Waals surface area contributed by atoms with Crippen molar-refractivity contribution in [3.63, 3.8) is 0 Å². The minimum Gasteiger partial charge on any atom is -0.481 e. The fourth-order valence-corrected chi connectivity index (χ4v) is 2.76. The predicted molar refractivity (Wildman–Crippen MR) is 73.9 cm³/mol. The van der Waals surface area contributed by atoms with E-state index >= 15 is 0 Å². The molecule has 1 fully saturated rings. The summed E-state index contributed by atoms with van der Waals surface area (Å²) in [4.78, 5) is 24.8. The number of amides is 2. The molecule has 5 heteroatoms. The molecule has 2 N–H and O–H groups in total. The van der Waals surface area contributed by atoms with Gasteiger partial charge in [0.2, 0.25) is 0 Å². The van der Waals surface area contributed by atoms with E-state index in [2.05, 4.69) is 19.2 Å². The first-order valence-corrected chi connectivity index (χ1v) is 7.07. The summed E-state index contributed by atoms with van der Waals surface area (Å²) in [7, 11) is 0. The fraction of sp³-hybridized carbons (Fsp3) is 0.857. The zero-order valence-corrected chi connectivity index (χ0v) is 12.3. The molecule has 1 rings (SSSR count). The highest BCUT2D eigenvalue weighted by Crippen LogP contribution is 2.21. The van der Waals surface area contributed by atoms with Gasteiger partial charge in [0.1, 0.15) is 0 Å². The van der Waals surface area contributed by atoms with E-state index in [0.29, 0.717) is 25.4 Å². The smallest absolute Gasteiger partial charge is 0.317 e. The largest absolute Gasteiger partial charge is 0.481 e. The Morgan fingerprint density at radius 2 is 1.95 bits per heavy atom. The third-order valence-corrected chi connectivity index (χ3v) is 3.49. The maximum atomic E-state index is 12.1. The van der Waals surface area contributed by atoms with E-state index in [1.165, 1.54) is 0 Å². The zero-order chi connectivity index (χ0) is 14.6. The third kappa shape index (κ3) is 5.09. The molecule has 0 radical (unpaired) electrons. The lowest BCUT2D eigenvalue weighted by atomic mass is 9.91. The summed E-state index contributed by atoms with van der Waals surface area (Å²) >= 11 is 0. The minimum atomic E-state index is -0.806. The Morgan fingerprint density at radius 1 is 1.32 bits per heavy atom. The van der Waals surface area contributed by atoms with Crippen molar-refractivity contribution in [2.45, 2.75) is 46.6 Å². The Bertz CT molecular complexity index is 331. The topological polar surface area (TPSA) is 69.6 Å². The van der Waals surface area contributed by atoms with Gasteiger partial charge >= 0.3 is 12.0 Å². The van der Waals surface area contributed by atoms with Crippen LogP contribution in [0.15, 0.2) is 0 Å². The first-order valence-electron chi connectivity index (χ1n) is 7.07. The summed E-state index contributed by atoms with van der Waals surface area (Å²) in [6.45, 7) is 9.18. The van der Waals surface area contributed by atoms with Crippen LogP contribution in [-0.4, -0.2) is 41.1 Å². The second-order valence-corrected chi connectivity index (χ2v) is 6.26. The molecular weight excluding hydrogens is 244 g/mol. The molecule has 3 unspecified atom stereocenters. The second kappa shape index (κ2) is 6.78. The number of carbonyl (C=O) groups excluding carboxylic acids is 1. The molecule has 0 aromatic rings. The molecule has 1 saturated heterocycles. The minimum absolute atomic E-state index is 0.119. The van der Waals surface area contributed by atoms with Crippen molar-refractivity contribution in [2.24, 2.45) is 17.8 Å². The number of piperidine rings is 1. The Balaban J connectivity index is 2.53. The molecule has 0 bridgehead atoms. The van der Waals surface area contributed by atoms with Gasteiger partial charge in [0.05, 0.1) is 5.92 Å². The number of aliphatic carboxylic acids is 1. The second-order valence-electron chi connectivity index (χ2n) is 6.26. The van der Waals surface area contributed by atoms with E-state index in [9.17, 15) is 9.59 Å². The summed E-state index contributed by atoms with van der Waals surface area (Å²) in [6.07, 6.45) is 1.58. The average molecular weight is 270 g/mol. The normalized spacial score (nSPS) is 25.2. The van der Waals surface area contributed by atoms with Crippen LogP contribution in [0.4, 0.5) is 4.79 Å². The van der Waals surface area contributed by atoms with Gasteiger partial charge in [-0.05, 0) is 31.6 Å². The van der Waals surface area contributed by atoms with E-state index in [1.54, 1.807) is 4.90 Å². The summed E-state index contributed by atoms with van der Waals surface area (Å²) in [5.41, 5.74) is 0.